The molecule has 1 aromatic rings. The number of hydrogen-bond donors (Lipinski definition) is 2. The van der Waals surface area contributed by atoms with Crippen molar-refractivity contribution in [1.29, 1.82) is 0 Å². The molecule has 4 heteroatoms. The maximum atomic E-state index is 11.4. The zero-order chi connectivity index (χ0) is 11.7. The summed E-state index contributed by atoms with van der Waals surface area (Å²) < 4.78 is 5.44. The largest absolute Gasteiger partial charge is 0.479 e. The third-order valence-corrected chi connectivity index (χ3v) is 2.78. The van der Waals surface area contributed by atoms with E-state index in [-0.39, 0.29) is 18.4 Å². The van der Waals surface area contributed by atoms with Crippen molar-refractivity contribution in [2.24, 2.45) is 0 Å². The average molecular weight is 221 g/mol. The van der Waals surface area contributed by atoms with Gasteiger partial charge in [0.05, 0.1) is 5.69 Å². The Morgan fingerprint density at radius 1 is 1.56 bits per heavy atom. The second-order valence-electron chi connectivity index (χ2n) is 4.09. The second-order valence-corrected chi connectivity index (χ2v) is 4.09. The van der Waals surface area contributed by atoms with E-state index in [0.717, 1.165) is 5.56 Å². The van der Waals surface area contributed by atoms with Gasteiger partial charge in [-0.25, -0.2) is 0 Å². The van der Waals surface area contributed by atoms with Crippen molar-refractivity contribution in [3.05, 3.63) is 23.8 Å². The maximum absolute atomic E-state index is 11.4. The summed E-state index contributed by atoms with van der Waals surface area (Å²) in [5.74, 6) is 0.601. The summed E-state index contributed by atoms with van der Waals surface area (Å²) in [7, 11) is 0. The summed E-state index contributed by atoms with van der Waals surface area (Å²) in [5.41, 5.74) is 1.67. The first kappa shape index (κ1) is 11.0. The summed E-state index contributed by atoms with van der Waals surface area (Å²) >= 11 is 0. The molecule has 2 rings (SSSR count). The molecule has 0 aromatic heterocycles. The number of rotatable bonds is 2. The van der Waals surface area contributed by atoms with Gasteiger partial charge in [0.2, 0.25) is 0 Å². The number of fused-ring (bicyclic) bond motifs is 1. The van der Waals surface area contributed by atoms with Crippen molar-refractivity contribution in [3.8, 4) is 5.75 Å². The standard InChI is InChI=1S/C12H15NO3/c1-7(6-14)9-3-4-11-10(5-9)13-12(15)8(2)16-11/h3-5,7-8,14H,6H2,1-2H3,(H,13,15). The van der Waals surface area contributed by atoms with E-state index in [0.29, 0.717) is 11.4 Å². The molecule has 4 nitrogen and oxygen atoms in total. The highest BCUT2D eigenvalue weighted by atomic mass is 16.5. The summed E-state index contributed by atoms with van der Waals surface area (Å²) in [6, 6.07) is 5.58. The van der Waals surface area contributed by atoms with Gasteiger partial charge in [0.1, 0.15) is 5.75 Å². The van der Waals surface area contributed by atoms with Gasteiger partial charge >= 0.3 is 0 Å². The molecule has 0 radical (unpaired) electrons. The Kier molecular flexibility index (Phi) is 2.83. The van der Waals surface area contributed by atoms with Gasteiger partial charge < -0.3 is 15.2 Å². The number of amides is 1. The van der Waals surface area contributed by atoms with Crippen LogP contribution in [-0.4, -0.2) is 23.7 Å². The van der Waals surface area contributed by atoms with E-state index in [9.17, 15) is 4.79 Å². The van der Waals surface area contributed by atoms with Gasteiger partial charge in [-0.2, -0.15) is 0 Å². The molecular weight excluding hydrogens is 206 g/mol. The molecule has 86 valence electrons. The number of anilines is 1. The Bertz CT molecular complexity index is 417. The third-order valence-electron chi connectivity index (χ3n) is 2.78. The van der Waals surface area contributed by atoms with Crippen molar-refractivity contribution < 1.29 is 14.6 Å². The molecule has 1 heterocycles. The van der Waals surface area contributed by atoms with Gasteiger partial charge in [-0.1, -0.05) is 13.0 Å². The fourth-order valence-electron chi connectivity index (χ4n) is 1.64. The Morgan fingerprint density at radius 2 is 2.31 bits per heavy atom. The number of benzene rings is 1. The van der Waals surface area contributed by atoms with E-state index in [1.807, 2.05) is 25.1 Å². The molecule has 16 heavy (non-hydrogen) atoms. The molecule has 0 fully saturated rings. The first-order chi connectivity index (χ1) is 7.61. The van der Waals surface area contributed by atoms with E-state index in [2.05, 4.69) is 5.32 Å². The van der Waals surface area contributed by atoms with Crippen LogP contribution in [0.15, 0.2) is 18.2 Å². The number of carbonyl (C=O) groups is 1. The summed E-state index contributed by atoms with van der Waals surface area (Å²) in [6.07, 6.45) is -0.450. The fraction of sp³-hybridized carbons (Fsp3) is 0.417. The number of nitrogens with one attached hydrogen (secondary N) is 1. The first-order valence-corrected chi connectivity index (χ1v) is 5.34. The van der Waals surface area contributed by atoms with Crippen LogP contribution in [0.25, 0.3) is 0 Å². The van der Waals surface area contributed by atoms with Crippen LogP contribution in [0, 0.1) is 0 Å². The molecule has 0 spiro atoms. The molecule has 1 aliphatic rings. The topological polar surface area (TPSA) is 58.6 Å². The second kappa shape index (κ2) is 4.14. The van der Waals surface area contributed by atoms with Crippen molar-refractivity contribution in [2.75, 3.05) is 11.9 Å². The van der Waals surface area contributed by atoms with Gasteiger partial charge in [0, 0.05) is 12.5 Å². The van der Waals surface area contributed by atoms with Crippen molar-refractivity contribution in [1.82, 2.24) is 0 Å². The van der Waals surface area contributed by atoms with Crippen molar-refractivity contribution >= 4 is 11.6 Å². The van der Waals surface area contributed by atoms with Crippen LogP contribution in [-0.2, 0) is 4.79 Å². The first-order valence-electron chi connectivity index (χ1n) is 5.34. The predicted molar refractivity (Wildman–Crippen MR) is 60.7 cm³/mol. The number of aliphatic hydroxyl groups is 1. The van der Waals surface area contributed by atoms with E-state index in [1.165, 1.54) is 0 Å². The Labute approximate surface area is 94.2 Å². The SMILES string of the molecule is CC1Oc2ccc(C(C)CO)cc2NC1=O. The molecule has 0 aliphatic carbocycles. The zero-order valence-electron chi connectivity index (χ0n) is 9.36. The van der Waals surface area contributed by atoms with Crippen LogP contribution < -0.4 is 10.1 Å². The number of hydrogen-bond acceptors (Lipinski definition) is 3. The quantitative estimate of drug-likeness (QED) is 0.795. The summed E-state index contributed by atoms with van der Waals surface area (Å²) in [6.45, 7) is 3.72. The molecule has 1 aliphatic heterocycles. The van der Waals surface area contributed by atoms with Crippen LogP contribution >= 0.6 is 0 Å². The maximum Gasteiger partial charge on any atom is 0.265 e. The number of carbonyl (C=O) groups excluding carboxylic acids is 1. The molecule has 2 atom stereocenters. The molecule has 2 unspecified atom stereocenters. The zero-order valence-corrected chi connectivity index (χ0v) is 9.36. The number of aliphatic hydroxyl groups excluding tert-OH is 1. The lowest BCUT2D eigenvalue weighted by Crippen LogP contribution is -2.34. The third kappa shape index (κ3) is 1.88. The van der Waals surface area contributed by atoms with Gasteiger partial charge in [0.15, 0.2) is 6.10 Å². The predicted octanol–water partition coefficient (Wildman–Crippen LogP) is 1.50. The van der Waals surface area contributed by atoms with Gasteiger partial charge in [-0.05, 0) is 24.6 Å². The molecular formula is C12H15NO3. The normalized spacial score (nSPS) is 20.7. The summed E-state index contributed by atoms with van der Waals surface area (Å²) in [5, 5.41) is 11.9. The molecule has 2 N–H and O–H groups in total. The Hall–Kier alpha value is -1.55. The highest BCUT2D eigenvalue weighted by Gasteiger charge is 2.23. The van der Waals surface area contributed by atoms with Crippen LogP contribution in [0.5, 0.6) is 5.75 Å². The highest BCUT2D eigenvalue weighted by Crippen LogP contribution is 2.32. The van der Waals surface area contributed by atoms with Gasteiger partial charge in [-0.3, -0.25) is 4.79 Å². The van der Waals surface area contributed by atoms with Crippen molar-refractivity contribution in [3.63, 3.8) is 0 Å². The van der Waals surface area contributed by atoms with Crippen LogP contribution in [0.3, 0.4) is 0 Å². The molecule has 0 saturated carbocycles. The van der Waals surface area contributed by atoms with Crippen molar-refractivity contribution in [2.45, 2.75) is 25.9 Å². The minimum atomic E-state index is -0.450. The lowest BCUT2D eigenvalue weighted by Gasteiger charge is -2.24. The van der Waals surface area contributed by atoms with E-state index in [4.69, 9.17) is 9.84 Å². The summed E-state index contributed by atoms with van der Waals surface area (Å²) in [4.78, 5) is 11.4. The fourth-order valence-corrected chi connectivity index (χ4v) is 1.64. The van der Waals surface area contributed by atoms with Crippen LogP contribution in [0.4, 0.5) is 5.69 Å². The van der Waals surface area contributed by atoms with Gasteiger partial charge in [-0.15, -0.1) is 0 Å². The number of ether oxygens (including phenoxy) is 1. The molecule has 1 amide bonds. The minimum absolute atomic E-state index is 0.0570. The lowest BCUT2D eigenvalue weighted by atomic mass is 10.0. The minimum Gasteiger partial charge on any atom is -0.479 e. The Morgan fingerprint density at radius 3 is 3.00 bits per heavy atom. The van der Waals surface area contributed by atoms with E-state index < -0.39 is 6.10 Å². The smallest absolute Gasteiger partial charge is 0.265 e. The average Bonchev–Trinajstić information content (AvgIpc) is 2.29. The monoisotopic (exact) mass is 221 g/mol. The van der Waals surface area contributed by atoms with E-state index in [1.54, 1.807) is 6.92 Å². The van der Waals surface area contributed by atoms with E-state index >= 15 is 0 Å². The lowest BCUT2D eigenvalue weighted by molar-refractivity contribution is -0.122. The van der Waals surface area contributed by atoms with Crippen LogP contribution in [0.2, 0.25) is 0 Å². The van der Waals surface area contributed by atoms with Gasteiger partial charge in [0.25, 0.3) is 5.91 Å². The molecule has 0 saturated heterocycles. The highest BCUT2D eigenvalue weighted by molar-refractivity contribution is 5.97. The molecule has 1 aromatic carbocycles. The molecule has 0 bridgehead atoms. The Balaban J connectivity index is 2.32. The van der Waals surface area contributed by atoms with Crippen LogP contribution in [0.1, 0.15) is 25.3 Å².